The Morgan fingerprint density at radius 3 is 2.80 bits per heavy atom. The smallest absolute Gasteiger partial charge is 0.301 e. The number of rotatable bonds is 6. The van der Waals surface area contributed by atoms with Crippen LogP contribution in [0.3, 0.4) is 0 Å². The molecule has 1 aliphatic rings. The highest BCUT2D eigenvalue weighted by Gasteiger charge is 2.20. The molecule has 6 heteroatoms. The lowest BCUT2D eigenvalue weighted by Crippen LogP contribution is -2.34. The number of fused-ring (bicyclic) bond motifs is 1. The maximum atomic E-state index is 12.3. The lowest BCUT2D eigenvalue weighted by Gasteiger charge is -2.23. The molecule has 0 spiro atoms. The minimum atomic E-state index is -3.49. The summed E-state index contributed by atoms with van der Waals surface area (Å²) in [5.74, 6) is 0. The van der Waals surface area contributed by atoms with Gasteiger partial charge in [0.15, 0.2) is 0 Å². The number of nitrogens with two attached hydrogens (primary N) is 1. The second kappa shape index (κ2) is 6.56. The number of nitrogens with one attached hydrogen (secondary N) is 1. The van der Waals surface area contributed by atoms with Crippen LogP contribution in [0.15, 0.2) is 18.2 Å². The number of hydrogen-bond acceptors (Lipinski definition) is 3. The molecule has 2 rings (SSSR count). The molecule has 3 N–H and O–H groups in total. The molecular formula is C14H23N3O2S. The fourth-order valence-electron chi connectivity index (χ4n) is 2.53. The van der Waals surface area contributed by atoms with Gasteiger partial charge in [0.1, 0.15) is 0 Å². The average molecular weight is 297 g/mol. The highest BCUT2D eigenvalue weighted by Crippen LogP contribution is 2.28. The van der Waals surface area contributed by atoms with Crippen molar-refractivity contribution < 1.29 is 8.42 Å². The second-order valence-corrected chi connectivity index (χ2v) is 7.00. The molecule has 0 saturated heterocycles. The van der Waals surface area contributed by atoms with E-state index in [-0.39, 0.29) is 0 Å². The fraction of sp³-hybridized carbons (Fsp3) is 0.571. The lowest BCUT2D eigenvalue weighted by atomic mass is 9.91. The van der Waals surface area contributed by atoms with Gasteiger partial charge in [0.2, 0.25) is 0 Å². The maximum Gasteiger partial charge on any atom is 0.301 e. The summed E-state index contributed by atoms with van der Waals surface area (Å²) in [5, 5.41) is 0. The minimum absolute atomic E-state index is 0.431. The van der Waals surface area contributed by atoms with Gasteiger partial charge in [-0.05, 0) is 55.8 Å². The highest BCUT2D eigenvalue weighted by atomic mass is 32.2. The Bertz CT molecular complexity index is 558. The Morgan fingerprint density at radius 1 is 1.30 bits per heavy atom. The Labute approximate surface area is 121 Å². The van der Waals surface area contributed by atoms with E-state index in [1.165, 1.54) is 16.3 Å². The Balaban J connectivity index is 2.17. The van der Waals surface area contributed by atoms with Crippen molar-refractivity contribution >= 4 is 15.9 Å². The first kappa shape index (κ1) is 15.3. The summed E-state index contributed by atoms with van der Waals surface area (Å²) < 4.78 is 28.6. The predicted molar refractivity (Wildman–Crippen MR) is 81.9 cm³/mol. The van der Waals surface area contributed by atoms with Crippen molar-refractivity contribution in [1.29, 1.82) is 0 Å². The summed E-state index contributed by atoms with van der Waals surface area (Å²) in [6, 6.07) is 5.85. The summed E-state index contributed by atoms with van der Waals surface area (Å²) in [5.41, 5.74) is 8.56. The van der Waals surface area contributed by atoms with Gasteiger partial charge in [-0.15, -0.1) is 0 Å². The van der Waals surface area contributed by atoms with Crippen LogP contribution in [-0.2, 0) is 23.1 Å². The molecule has 0 atom stereocenters. The molecule has 0 aromatic heterocycles. The van der Waals surface area contributed by atoms with Crippen LogP contribution in [0.25, 0.3) is 0 Å². The number of aryl methyl sites for hydroxylation is 1. The third-order valence-electron chi connectivity index (χ3n) is 3.72. The van der Waals surface area contributed by atoms with Crippen molar-refractivity contribution in [3.05, 3.63) is 29.3 Å². The Hall–Kier alpha value is -1.11. The van der Waals surface area contributed by atoms with Crippen molar-refractivity contribution in [1.82, 2.24) is 4.31 Å². The van der Waals surface area contributed by atoms with E-state index in [0.29, 0.717) is 19.5 Å². The summed E-state index contributed by atoms with van der Waals surface area (Å²) >= 11 is 0. The minimum Gasteiger partial charge on any atom is -0.330 e. The summed E-state index contributed by atoms with van der Waals surface area (Å²) in [7, 11) is -1.91. The summed E-state index contributed by atoms with van der Waals surface area (Å²) in [6.45, 7) is 0.918. The van der Waals surface area contributed by atoms with Crippen molar-refractivity contribution in [2.75, 3.05) is 24.9 Å². The van der Waals surface area contributed by atoms with Crippen molar-refractivity contribution in [2.24, 2.45) is 5.73 Å². The molecule has 0 unspecified atom stereocenters. The van der Waals surface area contributed by atoms with E-state index >= 15 is 0 Å². The molecule has 0 aliphatic heterocycles. The summed E-state index contributed by atoms with van der Waals surface area (Å²) in [4.78, 5) is 0. The van der Waals surface area contributed by atoms with E-state index in [2.05, 4.69) is 10.8 Å². The fourth-order valence-corrected chi connectivity index (χ4v) is 3.52. The normalized spacial score (nSPS) is 15.2. The van der Waals surface area contributed by atoms with E-state index in [1.807, 2.05) is 12.1 Å². The van der Waals surface area contributed by atoms with Gasteiger partial charge in [-0.25, -0.2) is 0 Å². The van der Waals surface area contributed by atoms with Gasteiger partial charge >= 0.3 is 10.2 Å². The molecule has 0 bridgehead atoms. The third kappa shape index (κ3) is 3.50. The van der Waals surface area contributed by atoms with Crippen LogP contribution in [0.2, 0.25) is 0 Å². The quantitative estimate of drug-likeness (QED) is 0.835. The zero-order valence-electron chi connectivity index (χ0n) is 11.9. The zero-order chi connectivity index (χ0) is 14.6. The first-order valence-electron chi connectivity index (χ1n) is 7.09. The van der Waals surface area contributed by atoms with Crippen LogP contribution in [0.5, 0.6) is 0 Å². The molecule has 5 nitrogen and oxygen atoms in total. The van der Waals surface area contributed by atoms with Gasteiger partial charge in [-0.1, -0.05) is 12.1 Å². The van der Waals surface area contributed by atoms with E-state index < -0.39 is 10.2 Å². The van der Waals surface area contributed by atoms with Gasteiger partial charge in [-0.3, -0.25) is 4.72 Å². The van der Waals surface area contributed by atoms with Gasteiger partial charge in [-0.2, -0.15) is 12.7 Å². The molecule has 0 radical (unpaired) electrons. The Kier molecular flexibility index (Phi) is 5.01. The van der Waals surface area contributed by atoms with Crippen LogP contribution in [0, 0.1) is 0 Å². The molecule has 0 saturated carbocycles. The van der Waals surface area contributed by atoms with Gasteiger partial charge in [0, 0.05) is 13.6 Å². The van der Waals surface area contributed by atoms with Crippen LogP contribution in [0.4, 0.5) is 5.69 Å². The molecule has 0 amide bonds. The number of hydrogen-bond donors (Lipinski definition) is 2. The molecule has 1 aromatic rings. The first-order chi connectivity index (χ1) is 9.54. The number of benzene rings is 1. The number of anilines is 1. The van der Waals surface area contributed by atoms with Crippen LogP contribution >= 0.6 is 0 Å². The first-order valence-corrected chi connectivity index (χ1v) is 8.53. The molecule has 112 valence electrons. The highest BCUT2D eigenvalue weighted by molar-refractivity contribution is 7.90. The SMILES string of the molecule is CN(CCCN)S(=O)(=O)Nc1cccc2c1CCCC2. The third-order valence-corrected chi connectivity index (χ3v) is 5.20. The van der Waals surface area contributed by atoms with Crippen LogP contribution < -0.4 is 10.5 Å². The largest absolute Gasteiger partial charge is 0.330 e. The van der Waals surface area contributed by atoms with E-state index in [1.54, 1.807) is 7.05 Å². The second-order valence-electron chi connectivity index (χ2n) is 5.22. The lowest BCUT2D eigenvalue weighted by molar-refractivity contribution is 0.468. The molecule has 0 fully saturated rings. The van der Waals surface area contributed by atoms with Crippen molar-refractivity contribution in [3.63, 3.8) is 0 Å². The maximum absolute atomic E-state index is 12.3. The van der Waals surface area contributed by atoms with Crippen LogP contribution in [-0.4, -0.2) is 32.9 Å². The molecule has 0 heterocycles. The Morgan fingerprint density at radius 2 is 2.05 bits per heavy atom. The summed E-state index contributed by atoms with van der Waals surface area (Å²) in [6.07, 6.45) is 4.94. The zero-order valence-corrected chi connectivity index (χ0v) is 12.7. The standard InChI is InChI=1S/C14H23N3O2S/c1-17(11-5-10-15)20(18,19)16-14-9-4-7-12-6-2-3-8-13(12)14/h4,7,9,16H,2-3,5-6,8,10-11,15H2,1H3. The van der Waals surface area contributed by atoms with Gasteiger partial charge in [0.05, 0.1) is 5.69 Å². The number of nitrogens with zero attached hydrogens (tertiary/aromatic N) is 1. The van der Waals surface area contributed by atoms with Gasteiger partial charge < -0.3 is 5.73 Å². The van der Waals surface area contributed by atoms with E-state index in [9.17, 15) is 8.42 Å². The van der Waals surface area contributed by atoms with Crippen molar-refractivity contribution in [3.8, 4) is 0 Å². The molecule has 1 aliphatic carbocycles. The monoisotopic (exact) mass is 297 g/mol. The molecule has 20 heavy (non-hydrogen) atoms. The molecular weight excluding hydrogens is 274 g/mol. The topological polar surface area (TPSA) is 75.4 Å². The van der Waals surface area contributed by atoms with Crippen molar-refractivity contribution in [2.45, 2.75) is 32.1 Å². The predicted octanol–water partition coefficient (Wildman–Crippen LogP) is 1.50. The van der Waals surface area contributed by atoms with Gasteiger partial charge in [0.25, 0.3) is 0 Å². The molecule has 1 aromatic carbocycles. The van der Waals surface area contributed by atoms with E-state index in [4.69, 9.17) is 5.73 Å². The average Bonchev–Trinajstić information content (AvgIpc) is 2.44. The van der Waals surface area contributed by atoms with E-state index in [0.717, 1.165) is 30.5 Å². The van der Waals surface area contributed by atoms with Crippen LogP contribution in [0.1, 0.15) is 30.4 Å².